The van der Waals surface area contributed by atoms with Gasteiger partial charge in [-0.3, -0.25) is 0 Å². The number of thiazole rings is 2. The third-order valence-electron chi connectivity index (χ3n) is 9.05. The number of ether oxygens (including phenoxy) is 3. The average molecular weight is 870 g/mol. The number of amides is 2. The van der Waals surface area contributed by atoms with E-state index in [0.717, 1.165) is 94.9 Å². The Labute approximate surface area is 359 Å². The van der Waals surface area contributed by atoms with Crippen molar-refractivity contribution in [2.45, 2.75) is 177 Å². The van der Waals surface area contributed by atoms with Gasteiger partial charge in [-0.05, 0) is 106 Å². The molecule has 0 atom stereocenters. The van der Waals surface area contributed by atoms with Crippen LogP contribution in [0.2, 0.25) is 5.15 Å². The molecule has 4 heterocycles. The highest BCUT2D eigenvalue weighted by atomic mass is 35.5. The lowest BCUT2D eigenvalue weighted by Gasteiger charge is -2.35. The van der Waals surface area contributed by atoms with Crippen LogP contribution in [-0.2, 0) is 22.3 Å². The third-order valence-corrected chi connectivity index (χ3v) is 11.5. The molecule has 0 saturated heterocycles. The summed E-state index contributed by atoms with van der Waals surface area (Å²) in [6, 6.07) is 0.384. The zero-order valence-corrected chi connectivity index (χ0v) is 36.2. The maximum Gasteiger partial charge on any atom is 0.410 e. The SMILES string of the molecule is C.C.C.CCc1nc2c(Cl)ncnc2s1.CCc1nc2c(OC3CCC(N(C)C(=O)OC(C)(C)C)CC3)ncnc2s1.CN(C(=O)OC(C)(C)C)C1CCC(O)CC1. The average Bonchev–Trinajstić information content (AvgIpc) is 3.77. The highest BCUT2D eigenvalue weighted by Gasteiger charge is 2.31. The molecule has 328 valence electrons. The van der Waals surface area contributed by atoms with Gasteiger partial charge >= 0.3 is 12.2 Å². The van der Waals surface area contributed by atoms with E-state index in [1.165, 1.54) is 12.7 Å². The number of carbonyl (C=O) groups excluding carboxylic acids is 2. The van der Waals surface area contributed by atoms with Crippen molar-refractivity contribution in [3.05, 3.63) is 27.8 Å². The number of halogens is 1. The van der Waals surface area contributed by atoms with E-state index >= 15 is 0 Å². The molecule has 58 heavy (non-hydrogen) atoms. The smallest absolute Gasteiger partial charge is 0.410 e. The van der Waals surface area contributed by atoms with Crippen molar-refractivity contribution in [3.8, 4) is 5.88 Å². The second kappa shape index (κ2) is 23.4. The van der Waals surface area contributed by atoms with Crippen molar-refractivity contribution in [3.63, 3.8) is 0 Å². The molecule has 2 aliphatic rings. The van der Waals surface area contributed by atoms with Gasteiger partial charge in [0, 0.05) is 26.2 Å². The summed E-state index contributed by atoms with van der Waals surface area (Å²) in [6.45, 7) is 15.4. The highest BCUT2D eigenvalue weighted by molar-refractivity contribution is 7.18. The van der Waals surface area contributed by atoms with Crippen molar-refractivity contribution in [1.29, 1.82) is 0 Å². The molecule has 1 N–H and O–H groups in total. The second-order valence-corrected chi connectivity index (χ2v) is 18.2. The largest absolute Gasteiger partial charge is 0.473 e. The summed E-state index contributed by atoms with van der Waals surface area (Å²) in [5.41, 5.74) is 0.558. The molecule has 0 aliphatic heterocycles. The Bertz CT molecular complexity index is 1850. The number of rotatable bonds is 6. The molecule has 4 aromatic heterocycles. The number of aliphatic hydroxyl groups excluding tert-OH is 1. The molecule has 14 nitrogen and oxygen atoms in total. The molecule has 0 spiro atoms. The van der Waals surface area contributed by atoms with Gasteiger partial charge in [0.05, 0.1) is 16.1 Å². The molecule has 2 fully saturated rings. The molecule has 6 rings (SSSR count). The molecular formula is C41H69ClN8O6S2. The van der Waals surface area contributed by atoms with Gasteiger partial charge in [-0.1, -0.05) is 70.4 Å². The summed E-state index contributed by atoms with van der Waals surface area (Å²) < 4.78 is 16.9. The number of aliphatic hydroxyl groups is 1. The molecule has 0 radical (unpaired) electrons. The first-order valence-electron chi connectivity index (χ1n) is 19.0. The fourth-order valence-corrected chi connectivity index (χ4v) is 7.96. The van der Waals surface area contributed by atoms with Gasteiger partial charge in [0.15, 0.2) is 15.5 Å². The number of aryl methyl sites for hydroxylation is 2. The van der Waals surface area contributed by atoms with E-state index < -0.39 is 11.2 Å². The predicted molar refractivity (Wildman–Crippen MR) is 237 cm³/mol. The van der Waals surface area contributed by atoms with Crippen molar-refractivity contribution >= 4 is 67.2 Å². The summed E-state index contributed by atoms with van der Waals surface area (Å²) in [6.07, 6.45) is 10.9. The molecule has 0 bridgehead atoms. The first kappa shape index (κ1) is 52.5. The lowest BCUT2D eigenvalue weighted by Crippen LogP contribution is -2.43. The fraction of sp³-hybridized carbons (Fsp3) is 0.707. The van der Waals surface area contributed by atoms with Crippen LogP contribution in [0.15, 0.2) is 12.7 Å². The summed E-state index contributed by atoms with van der Waals surface area (Å²) in [7, 11) is 3.59. The Kier molecular flexibility index (Phi) is 21.2. The minimum Gasteiger partial charge on any atom is -0.473 e. The van der Waals surface area contributed by atoms with E-state index in [1.807, 2.05) is 48.6 Å². The van der Waals surface area contributed by atoms with Gasteiger partial charge in [0.2, 0.25) is 5.88 Å². The maximum absolute atomic E-state index is 12.3. The Hall–Kier alpha value is -3.47. The Balaban J connectivity index is 0.000000464. The Morgan fingerprint density at radius 1 is 0.707 bits per heavy atom. The lowest BCUT2D eigenvalue weighted by molar-refractivity contribution is 0.0119. The van der Waals surface area contributed by atoms with E-state index in [2.05, 4.69) is 43.8 Å². The second-order valence-electron chi connectivity index (χ2n) is 15.8. The predicted octanol–water partition coefficient (Wildman–Crippen LogP) is 10.6. The molecule has 2 amide bonds. The van der Waals surface area contributed by atoms with Gasteiger partial charge in [0.25, 0.3) is 0 Å². The van der Waals surface area contributed by atoms with Crippen LogP contribution in [0, 0.1) is 0 Å². The van der Waals surface area contributed by atoms with Crippen LogP contribution < -0.4 is 4.74 Å². The Morgan fingerprint density at radius 3 is 1.55 bits per heavy atom. The number of hydrogen-bond donors (Lipinski definition) is 1. The molecule has 0 aromatic carbocycles. The van der Waals surface area contributed by atoms with Gasteiger partial charge < -0.3 is 29.1 Å². The van der Waals surface area contributed by atoms with Gasteiger partial charge in [-0.25, -0.2) is 34.5 Å². The number of carbonyl (C=O) groups is 2. The number of aromatic nitrogens is 6. The Morgan fingerprint density at radius 2 is 1.12 bits per heavy atom. The highest BCUT2D eigenvalue weighted by Crippen LogP contribution is 2.31. The van der Waals surface area contributed by atoms with Gasteiger partial charge in [0.1, 0.15) is 40.3 Å². The van der Waals surface area contributed by atoms with E-state index in [1.54, 1.807) is 39.5 Å². The van der Waals surface area contributed by atoms with Crippen molar-refractivity contribution < 1.29 is 28.9 Å². The summed E-state index contributed by atoms with van der Waals surface area (Å²) in [5.74, 6) is 0.569. The van der Waals surface area contributed by atoms with E-state index in [-0.39, 0.29) is 58.8 Å². The van der Waals surface area contributed by atoms with Crippen molar-refractivity contribution in [1.82, 2.24) is 39.7 Å². The molecule has 2 saturated carbocycles. The molecule has 17 heteroatoms. The zero-order valence-electron chi connectivity index (χ0n) is 33.8. The normalized spacial score (nSPS) is 19.0. The van der Waals surface area contributed by atoms with E-state index in [4.69, 9.17) is 25.8 Å². The van der Waals surface area contributed by atoms with Crippen LogP contribution in [0.4, 0.5) is 9.59 Å². The molecule has 2 aliphatic carbocycles. The number of fused-ring (bicyclic) bond motifs is 2. The minimum atomic E-state index is -0.477. The maximum atomic E-state index is 12.3. The number of nitrogens with zero attached hydrogens (tertiary/aromatic N) is 8. The standard InChI is InChI=1S/C19H28N4O3S.C12H23NO3.C7H6ClN3S.3CH4/c1-6-14-22-15-16(20-11-21-17(15)27-14)25-13-9-7-12(8-10-13)23(5)18(24)26-19(2,3)4;1-12(2,3)16-11(15)13(4)9-5-7-10(14)8-6-9;1-2-4-11-5-6(8)9-3-10-7(5)12-4;;;/h11-13H,6-10H2,1-5H3;9-10,14H,5-8H2,1-4H3;3H,2H2,1H3;3*1H4. The van der Waals surface area contributed by atoms with Gasteiger partial charge in [-0.15, -0.1) is 0 Å². The first-order valence-corrected chi connectivity index (χ1v) is 21.0. The third kappa shape index (κ3) is 15.6. The van der Waals surface area contributed by atoms with Crippen LogP contribution in [0.1, 0.15) is 139 Å². The van der Waals surface area contributed by atoms with Gasteiger partial charge in [-0.2, -0.15) is 4.98 Å². The molecular weight excluding hydrogens is 800 g/mol. The van der Waals surface area contributed by atoms with E-state index in [9.17, 15) is 14.7 Å². The van der Waals surface area contributed by atoms with Crippen molar-refractivity contribution in [2.24, 2.45) is 0 Å². The fourth-order valence-electron chi connectivity index (χ4n) is 6.06. The zero-order chi connectivity index (χ0) is 40.5. The lowest BCUT2D eigenvalue weighted by atomic mass is 9.92. The molecule has 0 unspecified atom stereocenters. The van der Waals surface area contributed by atoms with Crippen LogP contribution >= 0.6 is 34.3 Å². The first-order chi connectivity index (χ1) is 25.9. The summed E-state index contributed by atoms with van der Waals surface area (Å²) in [4.78, 5) is 54.6. The van der Waals surface area contributed by atoms with Crippen LogP contribution in [0.5, 0.6) is 5.88 Å². The summed E-state index contributed by atoms with van der Waals surface area (Å²) >= 11 is 8.97. The monoisotopic (exact) mass is 868 g/mol. The number of hydrogen-bond acceptors (Lipinski definition) is 14. The summed E-state index contributed by atoms with van der Waals surface area (Å²) in [5, 5.41) is 11.9. The van der Waals surface area contributed by atoms with Crippen molar-refractivity contribution in [2.75, 3.05) is 14.1 Å². The quantitative estimate of drug-likeness (QED) is 0.183. The topological polar surface area (TPSA) is 166 Å². The van der Waals surface area contributed by atoms with Crippen LogP contribution in [-0.4, -0.2) is 107 Å². The van der Waals surface area contributed by atoms with E-state index in [0.29, 0.717) is 11.0 Å². The molecule has 4 aromatic rings. The van der Waals surface area contributed by atoms with Crippen LogP contribution in [0.3, 0.4) is 0 Å². The minimum absolute atomic E-state index is 0. The van der Waals surface area contributed by atoms with Crippen LogP contribution in [0.25, 0.3) is 20.7 Å².